The molecule has 0 amide bonds. The summed E-state index contributed by atoms with van der Waals surface area (Å²) < 4.78 is 14.5. The molecule has 1 fully saturated rings. The molecule has 1 aromatic rings. The van der Waals surface area contributed by atoms with Gasteiger partial charge in [0.1, 0.15) is 24.7 Å². The van der Waals surface area contributed by atoms with Crippen molar-refractivity contribution >= 4 is 23.7 Å². The molecule has 2 rings (SSSR count). The fourth-order valence-electron chi connectivity index (χ4n) is 3.51. The Kier molecular flexibility index (Phi) is 10.2. The van der Waals surface area contributed by atoms with Crippen LogP contribution in [-0.4, -0.2) is 46.8 Å². The Morgan fingerprint density at radius 1 is 1.06 bits per heavy atom. The van der Waals surface area contributed by atoms with Crippen LogP contribution in [0.2, 0.25) is 5.02 Å². The van der Waals surface area contributed by atoms with E-state index in [1.54, 1.807) is 6.92 Å². The highest BCUT2D eigenvalue weighted by Gasteiger charge is 2.26. The molecule has 1 aliphatic rings. The summed E-state index contributed by atoms with van der Waals surface area (Å²) in [5.41, 5.74) is 1.23. The molecule has 174 valence electrons. The summed E-state index contributed by atoms with van der Waals surface area (Å²) in [6.45, 7) is 1.46. The van der Waals surface area contributed by atoms with Crippen molar-refractivity contribution in [3.63, 3.8) is 0 Å². The molecule has 1 aliphatic heterocycles. The van der Waals surface area contributed by atoms with E-state index in [-0.39, 0.29) is 42.3 Å². The van der Waals surface area contributed by atoms with E-state index in [9.17, 15) is 24.9 Å². The van der Waals surface area contributed by atoms with E-state index in [1.165, 1.54) is 0 Å². The minimum Gasteiger partial charge on any atom is -0.507 e. The lowest BCUT2D eigenvalue weighted by Gasteiger charge is -2.15. The summed E-state index contributed by atoms with van der Waals surface area (Å²) in [6.07, 6.45) is 6.00. The number of hydrogen-bond donors (Lipinski definition) is 3. The topological polar surface area (TPSA) is 123 Å². The lowest BCUT2D eigenvalue weighted by Crippen LogP contribution is -2.20. The van der Waals surface area contributed by atoms with Gasteiger partial charge in [0.25, 0.3) is 0 Å². The number of halogens is 1. The monoisotopic (exact) mass is 458 g/mol. The number of esters is 1. The molecule has 0 bridgehead atoms. The maximum Gasteiger partial charge on any atom is 0.508 e. The van der Waals surface area contributed by atoms with Crippen molar-refractivity contribution in [1.82, 2.24) is 0 Å². The van der Waals surface area contributed by atoms with Gasteiger partial charge in [-0.1, -0.05) is 43.7 Å². The molecule has 1 unspecified atom stereocenters. The molecule has 1 saturated heterocycles. The van der Waals surface area contributed by atoms with Crippen LogP contribution in [0.4, 0.5) is 4.79 Å². The van der Waals surface area contributed by atoms with Gasteiger partial charge < -0.3 is 29.5 Å². The maximum atomic E-state index is 11.7. The third kappa shape index (κ3) is 7.47. The molecule has 0 radical (unpaired) electrons. The van der Waals surface area contributed by atoms with Crippen LogP contribution in [0.3, 0.4) is 0 Å². The number of phenolic OH excluding ortho intramolecular Hbond substituents is 1. The Labute approximate surface area is 187 Å². The molecular formula is C22H31ClO8. The van der Waals surface area contributed by atoms with E-state index in [1.807, 2.05) is 0 Å². The van der Waals surface area contributed by atoms with Crippen molar-refractivity contribution in [2.24, 2.45) is 0 Å². The first kappa shape index (κ1) is 25.1. The van der Waals surface area contributed by atoms with Gasteiger partial charge in [-0.2, -0.15) is 0 Å². The van der Waals surface area contributed by atoms with Crippen LogP contribution in [0.25, 0.3) is 0 Å². The lowest BCUT2D eigenvalue weighted by molar-refractivity contribution is -0.146. The number of aromatic hydroxyl groups is 2. The number of unbranched alkanes of at least 4 members (excludes halogenated alkanes) is 6. The fraction of sp³-hybridized carbons (Fsp3) is 0.636. The van der Waals surface area contributed by atoms with Gasteiger partial charge >= 0.3 is 12.1 Å². The van der Waals surface area contributed by atoms with Gasteiger partial charge in [0.05, 0.1) is 11.6 Å². The third-order valence-corrected chi connectivity index (χ3v) is 5.86. The molecule has 0 spiro atoms. The average molecular weight is 459 g/mol. The van der Waals surface area contributed by atoms with Crippen molar-refractivity contribution in [1.29, 1.82) is 0 Å². The molecule has 0 aliphatic carbocycles. The Bertz CT molecular complexity index is 765. The number of phenols is 2. The zero-order chi connectivity index (χ0) is 22.8. The van der Waals surface area contributed by atoms with E-state index < -0.39 is 12.3 Å². The number of aliphatic hydroxyl groups excluding tert-OH is 1. The fourth-order valence-corrected chi connectivity index (χ4v) is 3.73. The van der Waals surface area contributed by atoms with Gasteiger partial charge in [0.15, 0.2) is 6.10 Å². The van der Waals surface area contributed by atoms with Gasteiger partial charge in [-0.15, -0.1) is 0 Å². The number of aliphatic hydroxyl groups is 1. The lowest BCUT2D eigenvalue weighted by atomic mass is 9.97. The van der Waals surface area contributed by atoms with Crippen molar-refractivity contribution in [3.8, 4) is 11.5 Å². The molecule has 0 aromatic heterocycles. The largest absolute Gasteiger partial charge is 0.508 e. The highest BCUT2D eigenvalue weighted by molar-refractivity contribution is 6.33. The second kappa shape index (κ2) is 12.6. The summed E-state index contributed by atoms with van der Waals surface area (Å²) >= 11 is 6.10. The van der Waals surface area contributed by atoms with Crippen molar-refractivity contribution < 1.29 is 39.1 Å². The molecular weight excluding hydrogens is 428 g/mol. The van der Waals surface area contributed by atoms with Crippen molar-refractivity contribution in [2.75, 3.05) is 13.2 Å². The molecule has 1 atom stereocenters. The molecule has 1 aromatic carbocycles. The van der Waals surface area contributed by atoms with E-state index in [0.29, 0.717) is 29.5 Å². The number of rotatable bonds is 13. The minimum atomic E-state index is -0.729. The van der Waals surface area contributed by atoms with Crippen LogP contribution in [0, 0.1) is 6.92 Å². The van der Waals surface area contributed by atoms with E-state index >= 15 is 0 Å². The highest BCUT2D eigenvalue weighted by Crippen LogP contribution is 2.41. The van der Waals surface area contributed by atoms with Gasteiger partial charge in [-0.3, -0.25) is 4.79 Å². The van der Waals surface area contributed by atoms with Crippen LogP contribution >= 0.6 is 11.6 Å². The summed E-state index contributed by atoms with van der Waals surface area (Å²) in [7, 11) is 0. The predicted octanol–water partition coefficient (Wildman–Crippen LogP) is 4.29. The Morgan fingerprint density at radius 2 is 1.71 bits per heavy atom. The number of cyclic esters (lactones) is 2. The van der Waals surface area contributed by atoms with E-state index in [2.05, 4.69) is 4.74 Å². The number of carbonyl (C=O) groups is 2. The quantitative estimate of drug-likeness (QED) is 0.295. The first-order valence-corrected chi connectivity index (χ1v) is 11.0. The standard InChI is InChI=1S/C22H31ClO8/c1-14-17(11-24)20(26)16(21(27)19(14)23)9-7-5-3-2-4-6-8-10-18(25)29-12-15-13-30-22(28)31-15/h15,24,26-27H,2-13H2,1H3. The van der Waals surface area contributed by atoms with Crippen LogP contribution in [0.5, 0.6) is 11.5 Å². The second-order valence-corrected chi connectivity index (χ2v) is 8.09. The molecule has 1 heterocycles. The zero-order valence-corrected chi connectivity index (χ0v) is 18.6. The van der Waals surface area contributed by atoms with Gasteiger partial charge in [0.2, 0.25) is 0 Å². The summed E-state index contributed by atoms with van der Waals surface area (Å²) in [6, 6.07) is 0. The highest BCUT2D eigenvalue weighted by atomic mass is 35.5. The Balaban J connectivity index is 1.54. The number of hydrogen-bond acceptors (Lipinski definition) is 8. The summed E-state index contributed by atoms with van der Waals surface area (Å²) in [5.74, 6) is -0.492. The van der Waals surface area contributed by atoms with Gasteiger partial charge in [0, 0.05) is 17.5 Å². The molecule has 9 heteroatoms. The normalized spacial score (nSPS) is 15.6. The van der Waals surface area contributed by atoms with Gasteiger partial charge in [-0.25, -0.2) is 4.79 Å². The summed E-state index contributed by atoms with van der Waals surface area (Å²) in [4.78, 5) is 22.4. The van der Waals surface area contributed by atoms with Crippen LogP contribution in [-0.2, 0) is 32.0 Å². The van der Waals surface area contributed by atoms with Crippen LogP contribution in [0.1, 0.15) is 68.1 Å². The number of benzene rings is 1. The Hall–Kier alpha value is -2.19. The summed E-state index contributed by atoms with van der Waals surface area (Å²) in [5, 5.41) is 30.1. The third-order valence-electron chi connectivity index (χ3n) is 5.39. The van der Waals surface area contributed by atoms with Crippen LogP contribution in [0.15, 0.2) is 0 Å². The molecule has 8 nitrogen and oxygen atoms in total. The smallest absolute Gasteiger partial charge is 0.507 e. The van der Waals surface area contributed by atoms with Gasteiger partial charge in [-0.05, 0) is 31.7 Å². The molecule has 3 N–H and O–H groups in total. The predicted molar refractivity (Wildman–Crippen MR) is 113 cm³/mol. The second-order valence-electron chi connectivity index (χ2n) is 7.71. The zero-order valence-electron chi connectivity index (χ0n) is 17.8. The SMILES string of the molecule is Cc1c(Cl)c(O)c(CCCCCCCCCC(=O)OCC2COC(=O)O2)c(O)c1CO. The van der Waals surface area contributed by atoms with E-state index in [0.717, 1.165) is 44.9 Å². The Morgan fingerprint density at radius 3 is 2.32 bits per heavy atom. The van der Waals surface area contributed by atoms with Crippen molar-refractivity contribution in [3.05, 3.63) is 21.7 Å². The number of carbonyl (C=O) groups excluding carboxylic acids is 2. The number of ether oxygens (including phenoxy) is 3. The molecule has 31 heavy (non-hydrogen) atoms. The maximum absolute atomic E-state index is 11.7. The first-order valence-electron chi connectivity index (χ1n) is 10.7. The van der Waals surface area contributed by atoms with Crippen LogP contribution < -0.4 is 0 Å². The minimum absolute atomic E-state index is 0.0294. The van der Waals surface area contributed by atoms with Crippen molar-refractivity contribution in [2.45, 2.75) is 77.4 Å². The first-order chi connectivity index (χ1) is 14.8. The average Bonchev–Trinajstić information content (AvgIpc) is 3.17. The molecule has 0 saturated carbocycles. The van der Waals surface area contributed by atoms with E-state index in [4.69, 9.17) is 21.1 Å².